The van der Waals surface area contributed by atoms with Gasteiger partial charge >= 0.3 is 0 Å². The third-order valence-electron chi connectivity index (χ3n) is 4.87. The maximum absolute atomic E-state index is 12.9. The van der Waals surface area contributed by atoms with Gasteiger partial charge in [0.1, 0.15) is 6.04 Å². The molecule has 1 atom stereocenters. The van der Waals surface area contributed by atoms with E-state index in [9.17, 15) is 9.59 Å². The van der Waals surface area contributed by atoms with Gasteiger partial charge < -0.3 is 5.32 Å². The van der Waals surface area contributed by atoms with E-state index in [1.165, 1.54) is 0 Å². The Kier molecular flexibility index (Phi) is 5.20. The van der Waals surface area contributed by atoms with Crippen molar-refractivity contribution in [1.29, 1.82) is 0 Å². The van der Waals surface area contributed by atoms with Crippen molar-refractivity contribution in [3.05, 3.63) is 70.3 Å². The molecule has 28 heavy (non-hydrogen) atoms. The molecular weight excluding hydrogens is 397 g/mol. The molecule has 2 heterocycles. The molecule has 7 heteroatoms. The summed E-state index contributed by atoms with van der Waals surface area (Å²) >= 11 is 12.1. The fraction of sp³-hybridized carbons (Fsp3) is 0.190. The van der Waals surface area contributed by atoms with Crippen LogP contribution in [0.15, 0.2) is 54.7 Å². The average Bonchev–Trinajstić information content (AvgIpc) is 3.08. The van der Waals surface area contributed by atoms with Crippen LogP contribution >= 0.6 is 23.2 Å². The van der Waals surface area contributed by atoms with E-state index in [1.807, 2.05) is 30.3 Å². The predicted molar refractivity (Wildman–Crippen MR) is 111 cm³/mol. The summed E-state index contributed by atoms with van der Waals surface area (Å²) in [5.74, 6) is -0.279. The highest BCUT2D eigenvalue weighted by atomic mass is 35.5. The number of nitrogens with one attached hydrogen (secondary N) is 1. The lowest BCUT2D eigenvalue weighted by atomic mass is 10.1. The van der Waals surface area contributed by atoms with Crippen molar-refractivity contribution in [3.8, 4) is 0 Å². The fourth-order valence-electron chi connectivity index (χ4n) is 3.50. The normalized spacial score (nSPS) is 16.6. The predicted octanol–water partition coefficient (Wildman–Crippen LogP) is 4.35. The largest absolute Gasteiger partial charge is 0.350 e. The van der Waals surface area contributed by atoms with Gasteiger partial charge in [-0.3, -0.25) is 19.5 Å². The van der Waals surface area contributed by atoms with E-state index in [0.717, 1.165) is 16.5 Å². The SMILES string of the molecule is O=C(NCc1ccc(Cl)cc1Cl)[C@@H]1CCC(=O)N1c1cccc2ncccc12. The zero-order valence-electron chi connectivity index (χ0n) is 14.9. The molecule has 0 bridgehead atoms. The number of amides is 2. The Balaban J connectivity index is 1.58. The molecule has 1 aliphatic rings. The number of pyridine rings is 1. The molecule has 1 aliphatic heterocycles. The van der Waals surface area contributed by atoms with Crippen LogP contribution in [0.3, 0.4) is 0 Å². The Hall–Kier alpha value is -2.63. The summed E-state index contributed by atoms with van der Waals surface area (Å²) in [6.45, 7) is 0.268. The minimum atomic E-state index is -0.565. The molecule has 1 saturated heterocycles. The van der Waals surface area contributed by atoms with Crippen molar-refractivity contribution in [2.45, 2.75) is 25.4 Å². The van der Waals surface area contributed by atoms with Crippen LogP contribution in [0.2, 0.25) is 10.0 Å². The zero-order valence-corrected chi connectivity index (χ0v) is 16.4. The quantitative estimate of drug-likeness (QED) is 0.691. The van der Waals surface area contributed by atoms with Crippen LogP contribution in [0.25, 0.3) is 10.9 Å². The number of fused-ring (bicyclic) bond motifs is 1. The van der Waals surface area contributed by atoms with Gasteiger partial charge in [-0.25, -0.2) is 0 Å². The minimum Gasteiger partial charge on any atom is -0.350 e. The fourth-order valence-corrected chi connectivity index (χ4v) is 3.97. The maximum atomic E-state index is 12.9. The van der Waals surface area contributed by atoms with Crippen molar-refractivity contribution in [3.63, 3.8) is 0 Å². The molecule has 1 fully saturated rings. The van der Waals surface area contributed by atoms with Crippen molar-refractivity contribution < 1.29 is 9.59 Å². The molecule has 2 aromatic carbocycles. The number of carbonyl (C=O) groups excluding carboxylic acids is 2. The topological polar surface area (TPSA) is 62.3 Å². The molecule has 0 aliphatic carbocycles. The van der Waals surface area contributed by atoms with E-state index in [2.05, 4.69) is 10.3 Å². The van der Waals surface area contributed by atoms with Gasteiger partial charge in [-0.1, -0.05) is 35.3 Å². The Bertz CT molecular complexity index is 1070. The van der Waals surface area contributed by atoms with Crippen LogP contribution in [-0.4, -0.2) is 22.8 Å². The van der Waals surface area contributed by atoms with Crippen LogP contribution in [0.5, 0.6) is 0 Å². The molecule has 0 radical (unpaired) electrons. The van der Waals surface area contributed by atoms with Crippen molar-refractivity contribution in [2.75, 3.05) is 4.90 Å². The molecule has 142 valence electrons. The second-order valence-corrected chi connectivity index (χ2v) is 7.46. The van der Waals surface area contributed by atoms with Gasteiger partial charge in [-0.05, 0) is 48.4 Å². The maximum Gasteiger partial charge on any atom is 0.243 e. The van der Waals surface area contributed by atoms with Crippen LogP contribution in [0.4, 0.5) is 5.69 Å². The second-order valence-electron chi connectivity index (χ2n) is 6.62. The van der Waals surface area contributed by atoms with E-state index in [1.54, 1.807) is 29.3 Å². The number of aromatic nitrogens is 1. The molecule has 0 unspecified atom stereocenters. The first kappa shape index (κ1) is 18.7. The first-order valence-electron chi connectivity index (χ1n) is 8.92. The highest BCUT2D eigenvalue weighted by Crippen LogP contribution is 2.32. The highest BCUT2D eigenvalue weighted by Gasteiger charge is 2.37. The lowest BCUT2D eigenvalue weighted by molar-refractivity contribution is -0.124. The van der Waals surface area contributed by atoms with E-state index < -0.39 is 6.04 Å². The van der Waals surface area contributed by atoms with Crippen LogP contribution in [0.1, 0.15) is 18.4 Å². The Morgan fingerprint density at radius 1 is 1.18 bits per heavy atom. The summed E-state index contributed by atoms with van der Waals surface area (Å²) < 4.78 is 0. The van der Waals surface area contributed by atoms with Crippen molar-refractivity contribution in [1.82, 2.24) is 10.3 Å². The smallest absolute Gasteiger partial charge is 0.243 e. The number of rotatable bonds is 4. The first-order valence-corrected chi connectivity index (χ1v) is 9.67. The summed E-state index contributed by atoms with van der Waals surface area (Å²) in [4.78, 5) is 31.4. The number of nitrogens with zero attached hydrogens (tertiary/aromatic N) is 2. The number of carbonyl (C=O) groups is 2. The summed E-state index contributed by atoms with van der Waals surface area (Å²) in [6.07, 6.45) is 2.50. The van der Waals surface area contributed by atoms with Gasteiger partial charge in [0.25, 0.3) is 0 Å². The van der Waals surface area contributed by atoms with Crippen molar-refractivity contribution >= 4 is 51.6 Å². The summed E-state index contributed by atoms with van der Waals surface area (Å²) in [6, 6.07) is 13.9. The molecule has 2 amide bonds. The standard InChI is InChI=1S/C21H17Cl2N3O2/c22-14-7-6-13(16(23)11-14)12-25-21(28)19-8-9-20(27)26(19)18-5-1-4-17-15(18)3-2-10-24-17/h1-7,10-11,19H,8-9,12H2,(H,25,28)/t19-/m0/s1. The molecule has 4 rings (SSSR count). The van der Waals surface area contributed by atoms with Gasteiger partial charge in [0.05, 0.1) is 11.2 Å². The molecule has 1 N–H and O–H groups in total. The number of hydrogen-bond acceptors (Lipinski definition) is 3. The lowest BCUT2D eigenvalue weighted by Gasteiger charge is -2.25. The monoisotopic (exact) mass is 413 g/mol. The number of benzene rings is 2. The second kappa shape index (κ2) is 7.78. The van der Waals surface area contributed by atoms with Gasteiger partial charge in [-0.15, -0.1) is 0 Å². The number of halogens is 2. The van der Waals surface area contributed by atoms with E-state index in [-0.39, 0.29) is 18.4 Å². The summed E-state index contributed by atoms with van der Waals surface area (Å²) in [5, 5.41) is 4.77. The highest BCUT2D eigenvalue weighted by molar-refractivity contribution is 6.35. The van der Waals surface area contributed by atoms with Crippen molar-refractivity contribution in [2.24, 2.45) is 0 Å². The third kappa shape index (κ3) is 3.55. The Labute approximate surface area is 172 Å². The molecule has 5 nitrogen and oxygen atoms in total. The molecule has 3 aromatic rings. The zero-order chi connectivity index (χ0) is 19.7. The van der Waals surface area contributed by atoms with E-state index >= 15 is 0 Å². The van der Waals surface area contributed by atoms with E-state index in [4.69, 9.17) is 23.2 Å². The van der Waals surface area contributed by atoms with Gasteiger partial charge in [0.15, 0.2) is 0 Å². The van der Waals surface area contributed by atoms with Crippen LogP contribution in [0, 0.1) is 0 Å². The lowest BCUT2D eigenvalue weighted by Crippen LogP contribution is -2.44. The summed E-state index contributed by atoms with van der Waals surface area (Å²) in [7, 11) is 0. The Morgan fingerprint density at radius 3 is 2.86 bits per heavy atom. The molecule has 0 spiro atoms. The Morgan fingerprint density at radius 2 is 2.04 bits per heavy atom. The third-order valence-corrected chi connectivity index (χ3v) is 5.45. The molecular formula is C21H17Cl2N3O2. The molecule has 0 saturated carbocycles. The number of hydrogen-bond donors (Lipinski definition) is 1. The van der Waals surface area contributed by atoms with Crippen LogP contribution < -0.4 is 10.2 Å². The summed E-state index contributed by atoms with van der Waals surface area (Å²) in [5.41, 5.74) is 2.26. The van der Waals surface area contributed by atoms with Gasteiger partial charge in [-0.2, -0.15) is 0 Å². The van der Waals surface area contributed by atoms with Gasteiger partial charge in [0.2, 0.25) is 11.8 Å². The first-order chi connectivity index (χ1) is 13.5. The number of anilines is 1. The van der Waals surface area contributed by atoms with Gasteiger partial charge in [0, 0.05) is 34.6 Å². The molecule has 1 aromatic heterocycles. The van der Waals surface area contributed by atoms with Crippen LogP contribution in [-0.2, 0) is 16.1 Å². The minimum absolute atomic E-state index is 0.0685. The average molecular weight is 414 g/mol. The van der Waals surface area contributed by atoms with E-state index in [0.29, 0.717) is 28.6 Å².